The molecule has 37 heteroatoms. The molecule has 87 heavy (non-hydrogen) atoms. The molecule has 7 aromatic rings. The number of hydrogen-bond acceptors (Lipinski definition) is 30. The van der Waals surface area contributed by atoms with Gasteiger partial charge in [0.15, 0.2) is 91.8 Å². The first-order chi connectivity index (χ1) is 40.0. The van der Waals surface area contributed by atoms with Crippen LogP contribution < -0.4 is 0 Å². The van der Waals surface area contributed by atoms with Crippen molar-refractivity contribution in [1.82, 2.24) is 0 Å². The van der Waals surface area contributed by atoms with E-state index in [-0.39, 0.29) is 23.5 Å². The summed E-state index contributed by atoms with van der Waals surface area (Å²) in [6, 6.07) is 11.2. The fourth-order valence-electron chi connectivity index (χ4n) is 5.65. The topological polar surface area (TPSA) is 726 Å². The molecule has 0 aromatic heterocycles. The maximum Gasteiger partial charge on any atom is 0.343 e. The van der Waals surface area contributed by atoms with Crippen LogP contribution in [0, 0.1) is 0 Å². The molecule has 0 aliphatic heterocycles. The highest BCUT2D eigenvalue weighted by molar-refractivity contribution is 5.98. The lowest BCUT2D eigenvalue weighted by molar-refractivity contribution is -0.136. The Balaban J connectivity index is 0.000000508. The number of benzene rings is 7. The van der Waals surface area contributed by atoms with Crippen molar-refractivity contribution in [2.75, 3.05) is 0 Å². The van der Waals surface area contributed by atoms with E-state index < -0.39 is 190 Å². The molecule has 0 aliphatic rings. The summed E-state index contributed by atoms with van der Waals surface area (Å²) in [5.41, 5.74) is -3.62. The fourth-order valence-corrected chi connectivity index (χ4v) is 5.65. The molecule has 7 aromatic carbocycles. The third-order valence-corrected chi connectivity index (χ3v) is 9.71. The van der Waals surface area contributed by atoms with Crippen LogP contribution in [0.2, 0.25) is 0 Å². The van der Waals surface area contributed by atoms with Crippen LogP contribution in [-0.2, 0) is 11.2 Å². The highest BCUT2D eigenvalue weighted by atomic mass is 16.4. The Kier molecular flexibility index (Phi) is 24.7. The standard InChI is InChI=1S/C8H8O4.3C7H6O6.3C7H6O5/c9-6-2-1-5(3-7(6)10)4-8(11)12;8-2-1-3(9)6(11)4(5(2)10)7(12)13;8-2-1-3(9)5(10)6(11)4(2)7(12)13;8-3-1-2(7(12)13)4(9)6(11)5(3)10;8-3-1-4(9)6(7(11)12)5(10)2-3;8-4-1-3(7(11)12)2-5(9)6(4)10;8-3-1-2-4(9)6(10)5(3)7(11)12/h1-3,9-10H,4H2,(H,11,12);3*1,8-11H,(H,12,13);3*1-2,8-10H,(H,11,12). The molecular weight excluding hydrogens is 1190 g/mol. The van der Waals surface area contributed by atoms with Gasteiger partial charge in [-0.15, -0.1) is 0 Å². The number of carboxylic acid groups (broad SMARTS) is 7. The Labute approximate surface area is 478 Å². The normalized spacial score (nSPS) is 9.75. The molecule has 30 N–H and O–H groups in total. The monoisotopic (exact) mass is 1240 g/mol. The predicted octanol–water partition coefficient (Wildman–Crippen LogP) is 2.85. The first kappa shape index (κ1) is 71.2. The summed E-state index contributed by atoms with van der Waals surface area (Å²) in [7, 11) is 0. The van der Waals surface area contributed by atoms with Crippen molar-refractivity contribution in [2.24, 2.45) is 0 Å². The number of aromatic carboxylic acids is 6. The van der Waals surface area contributed by atoms with Crippen LogP contribution in [0.5, 0.6) is 132 Å². The first-order valence-corrected chi connectivity index (χ1v) is 21.8. The van der Waals surface area contributed by atoms with Crippen molar-refractivity contribution in [2.45, 2.75) is 6.42 Å². The summed E-state index contributed by atoms with van der Waals surface area (Å²) in [4.78, 5) is 72.4. The highest BCUT2D eigenvalue weighted by Gasteiger charge is 2.25. The molecule has 0 aliphatic carbocycles. The summed E-state index contributed by atoms with van der Waals surface area (Å²) in [6.45, 7) is 0. The Morgan fingerprint density at radius 2 is 0.598 bits per heavy atom. The number of carboxylic acids is 7. The minimum atomic E-state index is -1.65. The summed E-state index contributed by atoms with van der Waals surface area (Å²) in [5.74, 6) is -27.4. The molecule has 0 saturated heterocycles. The Morgan fingerprint density at radius 1 is 0.241 bits per heavy atom. The van der Waals surface area contributed by atoms with Gasteiger partial charge in [0.1, 0.15) is 51.0 Å². The van der Waals surface area contributed by atoms with E-state index >= 15 is 0 Å². The molecule has 0 fully saturated rings. The second-order valence-corrected chi connectivity index (χ2v) is 15.7. The maximum atomic E-state index is 10.4. The lowest BCUT2D eigenvalue weighted by Crippen LogP contribution is -1.99. The molecule has 0 radical (unpaired) electrons. The Morgan fingerprint density at radius 3 is 1.00 bits per heavy atom. The fraction of sp³-hybridized carbons (Fsp3) is 0.0200. The minimum absolute atomic E-state index is 0.159. The first-order valence-electron chi connectivity index (χ1n) is 21.8. The van der Waals surface area contributed by atoms with E-state index in [1.807, 2.05) is 0 Å². The van der Waals surface area contributed by atoms with Gasteiger partial charge in [-0.1, -0.05) is 6.07 Å². The zero-order valence-corrected chi connectivity index (χ0v) is 42.4. The molecule has 0 spiro atoms. The number of aromatic hydroxyl groups is 23. The Hall–Kier alpha value is -13.8. The smallest absolute Gasteiger partial charge is 0.343 e. The van der Waals surface area contributed by atoms with Gasteiger partial charge >= 0.3 is 41.8 Å². The van der Waals surface area contributed by atoms with Crippen LogP contribution >= 0.6 is 0 Å². The SMILES string of the molecule is O=C(O)Cc1ccc(O)c(O)c1.O=C(O)c1c(O)c(O)cc(O)c1O.O=C(O)c1c(O)cc(O)c(O)c1O.O=C(O)c1c(O)cc(O)cc1O.O=C(O)c1c(O)ccc(O)c1O.O=C(O)c1cc(O)c(O)c(O)c1.O=C(O)c1cc(O)c(O)c(O)c1O. The largest absolute Gasteiger partial charge is 0.508 e. The van der Waals surface area contributed by atoms with Gasteiger partial charge in [0, 0.05) is 30.3 Å². The molecule has 7 rings (SSSR count). The zero-order chi connectivity index (χ0) is 67.6. The molecule has 0 unspecified atom stereocenters. The third kappa shape index (κ3) is 19.2. The van der Waals surface area contributed by atoms with Gasteiger partial charge in [-0.3, -0.25) is 4.79 Å². The number of hydrogen-bond donors (Lipinski definition) is 30. The van der Waals surface area contributed by atoms with Gasteiger partial charge in [-0.25, -0.2) is 28.8 Å². The molecular formula is C50H44O37. The van der Waals surface area contributed by atoms with Gasteiger partial charge < -0.3 is 153 Å². The average molecular weight is 1240 g/mol. The zero-order valence-electron chi connectivity index (χ0n) is 42.4. The average Bonchev–Trinajstić information content (AvgIpc) is 1.72. The van der Waals surface area contributed by atoms with Crippen LogP contribution in [0.15, 0.2) is 72.8 Å². The number of phenolic OH excluding ortho intramolecular Hbond substituents is 14. The lowest BCUT2D eigenvalue weighted by atomic mass is 10.1. The third-order valence-electron chi connectivity index (χ3n) is 9.71. The lowest BCUT2D eigenvalue weighted by Gasteiger charge is -2.05. The van der Waals surface area contributed by atoms with Crippen molar-refractivity contribution in [3.63, 3.8) is 0 Å². The van der Waals surface area contributed by atoms with Gasteiger partial charge in [0.2, 0.25) is 17.2 Å². The molecule has 0 heterocycles. The molecule has 37 nitrogen and oxygen atoms in total. The molecule has 0 bridgehead atoms. The predicted molar refractivity (Wildman–Crippen MR) is 276 cm³/mol. The van der Waals surface area contributed by atoms with Gasteiger partial charge in [0.05, 0.1) is 12.0 Å². The molecule has 466 valence electrons. The van der Waals surface area contributed by atoms with Crippen molar-refractivity contribution < 1.29 is 187 Å². The van der Waals surface area contributed by atoms with Crippen molar-refractivity contribution >= 4 is 41.8 Å². The van der Waals surface area contributed by atoms with Crippen LogP contribution in [0.4, 0.5) is 0 Å². The minimum Gasteiger partial charge on any atom is -0.508 e. The van der Waals surface area contributed by atoms with Crippen LogP contribution in [0.3, 0.4) is 0 Å². The second-order valence-electron chi connectivity index (χ2n) is 15.7. The quantitative estimate of drug-likeness (QED) is 0.0768. The van der Waals surface area contributed by atoms with Gasteiger partial charge in [-0.05, 0) is 42.0 Å². The maximum absolute atomic E-state index is 10.4. The van der Waals surface area contributed by atoms with Crippen LogP contribution in [0.1, 0.15) is 67.7 Å². The van der Waals surface area contributed by atoms with Crippen molar-refractivity contribution in [3.05, 3.63) is 112 Å². The second kappa shape index (κ2) is 30.2. The van der Waals surface area contributed by atoms with Gasteiger partial charge in [-0.2, -0.15) is 0 Å². The van der Waals surface area contributed by atoms with Crippen molar-refractivity contribution in [1.29, 1.82) is 0 Å². The highest BCUT2D eigenvalue weighted by Crippen LogP contribution is 2.45. The van der Waals surface area contributed by atoms with Crippen molar-refractivity contribution in [3.8, 4) is 132 Å². The van der Waals surface area contributed by atoms with E-state index in [2.05, 4.69) is 0 Å². The van der Waals surface area contributed by atoms with Crippen LogP contribution in [0.25, 0.3) is 0 Å². The summed E-state index contributed by atoms with van der Waals surface area (Å²) < 4.78 is 0. The molecule has 0 atom stereocenters. The van der Waals surface area contributed by atoms with E-state index in [1.165, 1.54) is 18.2 Å². The number of phenols is 23. The molecule has 0 amide bonds. The van der Waals surface area contributed by atoms with E-state index in [9.17, 15) is 33.6 Å². The van der Waals surface area contributed by atoms with E-state index in [0.29, 0.717) is 23.8 Å². The summed E-state index contributed by atoms with van der Waals surface area (Å²) in [6.07, 6.45) is -0.159. The summed E-state index contributed by atoms with van der Waals surface area (Å²) >= 11 is 0. The van der Waals surface area contributed by atoms with E-state index in [1.54, 1.807) is 0 Å². The Bertz CT molecular complexity index is 3700. The number of carbonyl (C=O) groups is 7. The van der Waals surface area contributed by atoms with Gasteiger partial charge in [0.25, 0.3) is 0 Å². The summed E-state index contributed by atoms with van der Waals surface area (Å²) in [5, 5.41) is 264. The number of rotatable bonds is 8. The van der Waals surface area contributed by atoms with E-state index in [0.717, 1.165) is 36.4 Å². The van der Waals surface area contributed by atoms with Crippen LogP contribution in [-0.4, -0.2) is 195 Å². The number of aliphatic carboxylic acids is 1. The van der Waals surface area contributed by atoms with E-state index in [4.69, 9.17) is 153 Å². The molecule has 0 saturated carbocycles.